The first-order valence-corrected chi connectivity index (χ1v) is 5.80. The first-order chi connectivity index (χ1) is 7.86. The Kier molecular flexibility index (Phi) is 6.80. The average molecular weight is 227 g/mol. The number of nitrogens with one attached hydrogen (secondary N) is 1. The molecule has 0 saturated heterocycles. The van der Waals surface area contributed by atoms with Crippen LogP contribution in [-0.4, -0.2) is 39.8 Å². The van der Waals surface area contributed by atoms with Crippen LogP contribution in [0.1, 0.15) is 24.8 Å². The zero-order valence-electron chi connectivity index (χ0n) is 9.60. The smallest absolute Gasteiger partial charge is 0.0640 e. The topological polar surface area (TPSA) is 70.3 Å². The monoisotopic (exact) mass is 227 g/mol. The summed E-state index contributed by atoms with van der Waals surface area (Å²) in [7, 11) is 0. The summed E-state index contributed by atoms with van der Waals surface area (Å²) in [6, 6.07) is 0. The van der Waals surface area contributed by atoms with Gasteiger partial charge < -0.3 is 15.5 Å². The molecule has 16 heavy (non-hydrogen) atoms. The number of hydrogen-bond donors (Lipinski definition) is 3. The molecule has 0 aliphatic carbocycles. The predicted octanol–water partition coefficient (Wildman–Crippen LogP) is 0.128. The van der Waals surface area contributed by atoms with Gasteiger partial charge in [0.25, 0.3) is 0 Å². The van der Waals surface area contributed by atoms with Gasteiger partial charge in [-0.25, -0.2) is 0 Å². The van der Waals surface area contributed by atoms with Crippen molar-refractivity contribution in [2.24, 2.45) is 0 Å². The molecule has 92 valence electrons. The van der Waals surface area contributed by atoms with E-state index in [0.717, 1.165) is 37.9 Å². The van der Waals surface area contributed by atoms with E-state index in [9.17, 15) is 0 Å². The number of aliphatic hydroxyl groups excluding tert-OH is 2. The minimum Gasteiger partial charge on any atom is -0.396 e. The van der Waals surface area contributed by atoms with Crippen LogP contribution in [-0.2, 0) is 13.1 Å². The molecule has 1 rings (SSSR count). The molecule has 1 heterocycles. The maximum Gasteiger partial charge on any atom is 0.0640 e. The highest BCUT2D eigenvalue weighted by Gasteiger charge is 1.97. The van der Waals surface area contributed by atoms with Gasteiger partial charge in [-0.3, -0.25) is 4.68 Å². The van der Waals surface area contributed by atoms with E-state index in [4.69, 9.17) is 10.2 Å². The summed E-state index contributed by atoms with van der Waals surface area (Å²) in [5.41, 5.74) is 1.13. The van der Waals surface area contributed by atoms with Crippen LogP contribution in [0.2, 0.25) is 0 Å². The second-order valence-electron chi connectivity index (χ2n) is 3.80. The molecule has 5 nitrogen and oxygen atoms in total. The highest BCUT2D eigenvalue weighted by Crippen LogP contribution is 1.98. The Labute approximate surface area is 96.1 Å². The summed E-state index contributed by atoms with van der Waals surface area (Å²) in [5.74, 6) is 0. The summed E-state index contributed by atoms with van der Waals surface area (Å²) in [6.07, 6.45) is 6.79. The van der Waals surface area contributed by atoms with Crippen LogP contribution in [0, 0.1) is 0 Å². The van der Waals surface area contributed by atoms with Gasteiger partial charge in [0.15, 0.2) is 0 Å². The van der Waals surface area contributed by atoms with E-state index in [-0.39, 0.29) is 13.2 Å². The minimum absolute atomic E-state index is 0.121. The fraction of sp³-hybridized carbons (Fsp3) is 0.727. The lowest BCUT2D eigenvalue weighted by atomic mass is 10.2. The zero-order chi connectivity index (χ0) is 11.6. The summed E-state index contributed by atoms with van der Waals surface area (Å²) < 4.78 is 1.74. The van der Waals surface area contributed by atoms with Gasteiger partial charge in [-0.2, -0.15) is 5.10 Å². The van der Waals surface area contributed by atoms with Gasteiger partial charge >= 0.3 is 0 Å². The molecule has 0 amide bonds. The molecule has 0 unspecified atom stereocenters. The molecule has 0 saturated carbocycles. The maximum absolute atomic E-state index is 8.73. The molecule has 1 aromatic rings. The number of hydrogen-bond acceptors (Lipinski definition) is 4. The number of unbranched alkanes of at least 4 members (excludes halogenated alkanes) is 2. The first kappa shape index (κ1) is 13.2. The molecule has 0 atom stereocenters. The van der Waals surface area contributed by atoms with Crippen molar-refractivity contribution in [3.8, 4) is 0 Å². The Bertz CT molecular complexity index is 276. The number of nitrogens with zero attached hydrogens (tertiary/aromatic N) is 2. The largest absolute Gasteiger partial charge is 0.396 e. The van der Waals surface area contributed by atoms with Gasteiger partial charge in [-0.15, -0.1) is 0 Å². The maximum atomic E-state index is 8.73. The third-order valence-corrected chi connectivity index (χ3v) is 2.36. The van der Waals surface area contributed by atoms with Crippen molar-refractivity contribution in [1.29, 1.82) is 0 Å². The highest BCUT2D eigenvalue weighted by molar-refractivity contribution is 5.03. The van der Waals surface area contributed by atoms with Crippen LogP contribution in [0.4, 0.5) is 0 Å². The van der Waals surface area contributed by atoms with Crippen molar-refractivity contribution >= 4 is 0 Å². The molecule has 0 radical (unpaired) electrons. The van der Waals surface area contributed by atoms with Gasteiger partial charge in [-0.05, 0) is 25.8 Å². The highest BCUT2D eigenvalue weighted by atomic mass is 16.3. The molecule has 0 fully saturated rings. The Morgan fingerprint density at radius 1 is 1.19 bits per heavy atom. The molecule has 0 aliphatic heterocycles. The minimum atomic E-state index is 0.121. The molecule has 1 aromatic heterocycles. The molecular formula is C11H21N3O2. The lowest BCUT2D eigenvalue weighted by molar-refractivity contribution is 0.269. The normalized spacial score (nSPS) is 10.9. The third kappa shape index (κ3) is 5.25. The van der Waals surface area contributed by atoms with Crippen LogP contribution >= 0.6 is 0 Å². The van der Waals surface area contributed by atoms with Gasteiger partial charge in [-0.1, -0.05) is 0 Å². The molecule has 0 aromatic carbocycles. The SMILES string of the molecule is OCCCCCNCc1cnn(CCO)c1. The van der Waals surface area contributed by atoms with E-state index in [0.29, 0.717) is 6.54 Å². The number of rotatable bonds is 9. The van der Waals surface area contributed by atoms with Crippen molar-refractivity contribution in [3.05, 3.63) is 18.0 Å². The summed E-state index contributed by atoms with van der Waals surface area (Å²) in [4.78, 5) is 0. The molecule has 0 bridgehead atoms. The molecule has 3 N–H and O–H groups in total. The van der Waals surface area contributed by atoms with Crippen LogP contribution in [0.3, 0.4) is 0 Å². The lowest BCUT2D eigenvalue weighted by Gasteiger charge is -2.02. The summed E-state index contributed by atoms with van der Waals surface area (Å²) in [6.45, 7) is 2.73. The van der Waals surface area contributed by atoms with Crippen LogP contribution < -0.4 is 5.32 Å². The Morgan fingerprint density at radius 3 is 2.81 bits per heavy atom. The van der Waals surface area contributed by atoms with Crippen LogP contribution in [0.15, 0.2) is 12.4 Å². The fourth-order valence-electron chi connectivity index (χ4n) is 1.49. The second kappa shape index (κ2) is 8.27. The average Bonchev–Trinajstić information content (AvgIpc) is 2.72. The van der Waals surface area contributed by atoms with Gasteiger partial charge in [0.1, 0.15) is 0 Å². The molecular weight excluding hydrogens is 206 g/mol. The van der Waals surface area contributed by atoms with E-state index in [1.165, 1.54) is 0 Å². The summed E-state index contributed by atoms with van der Waals surface area (Å²) in [5, 5.41) is 24.8. The van der Waals surface area contributed by atoms with E-state index in [2.05, 4.69) is 10.4 Å². The fourth-order valence-corrected chi connectivity index (χ4v) is 1.49. The lowest BCUT2D eigenvalue weighted by Crippen LogP contribution is -2.14. The van der Waals surface area contributed by atoms with Gasteiger partial charge in [0, 0.05) is 24.9 Å². The van der Waals surface area contributed by atoms with E-state index < -0.39 is 0 Å². The predicted molar refractivity (Wildman–Crippen MR) is 62.0 cm³/mol. The standard InChI is InChI=1S/C11H21N3O2/c15-6-3-1-2-4-12-8-11-9-13-14(10-11)5-7-16/h9-10,12,15-16H,1-8H2. The quantitative estimate of drug-likeness (QED) is 0.524. The van der Waals surface area contributed by atoms with Gasteiger partial charge in [0.2, 0.25) is 0 Å². The Balaban J connectivity index is 2.07. The van der Waals surface area contributed by atoms with Crippen molar-refractivity contribution in [1.82, 2.24) is 15.1 Å². The van der Waals surface area contributed by atoms with E-state index in [1.807, 2.05) is 12.4 Å². The van der Waals surface area contributed by atoms with Crippen molar-refractivity contribution in [2.75, 3.05) is 19.8 Å². The second-order valence-corrected chi connectivity index (χ2v) is 3.80. The van der Waals surface area contributed by atoms with Crippen LogP contribution in [0.25, 0.3) is 0 Å². The molecule has 5 heteroatoms. The summed E-state index contributed by atoms with van der Waals surface area (Å²) >= 11 is 0. The van der Waals surface area contributed by atoms with Crippen molar-refractivity contribution < 1.29 is 10.2 Å². The van der Waals surface area contributed by atoms with Crippen LogP contribution in [0.5, 0.6) is 0 Å². The Morgan fingerprint density at radius 2 is 2.06 bits per heavy atom. The zero-order valence-corrected chi connectivity index (χ0v) is 9.60. The van der Waals surface area contributed by atoms with Crippen molar-refractivity contribution in [3.63, 3.8) is 0 Å². The number of aromatic nitrogens is 2. The van der Waals surface area contributed by atoms with Gasteiger partial charge in [0.05, 0.1) is 19.3 Å². The first-order valence-electron chi connectivity index (χ1n) is 5.80. The van der Waals surface area contributed by atoms with Crippen molar-refractivity contribution in [2.45, 2.75) is 32.4 Å². The number of aliphatic hydroxyl groups is 2. The molecule has 0 spiro atoms. The van der Waals surface area contributed by atoms with E-state index >= 15 is 0 Å². The Hall–Kier alpha value is -0.910. The molecule has 0 aliphatic rings. The third-order valence-electron chi connectivity index (χ3n) is 2.36. The van der Waals surface area contributed by atoms with E-state index in [1.54, 1.807) is 4.68 Å².